The number of amides is 1. The Kier molecular flexibility index (Phi) is 5.65. The van der Waals surface area contributed by atoms with Crippen LogP contribution in [0.25, 0.3) is 22.3 Å². The molecule has 0 aliphatic carbocycles. The molecule has 2 aromatic heterocycles. The average Bonchev–Trinajstić information content (AvgIpc) is 2.98. The number of fused-ring (bicyclic) bond motifs is 1. The Morgan fingerprint density at radius 2 is 1.93 bits per heavy atom. The third-order valence-corrected chi connectivity index (χ3v) is 5.07. The van der Waals surface area contributed by atoms with E-state index in [1.165, 1.54) is 6.92 Å². The molecule has 1 aromatic carbocycles. The molecule has 1 amide bonds. The van der Waals surface area contributed by atoms with Crippen LogP contribution in [0.15, 0.2) is 35.3 Å². The summed E-state index contributed by atoms with van der Waals surface area (Å²) in [5.74, 6) is -0.0699. The summed E-state index contributed by atoms with van der Waals surface area (Å²) in [4.78, 5) is 30.8. The van der Waals surface area contributed by atoms with Gasteiger partial charge in [-0.1, -0.05) is 49.7 Å². The fourth-order valence-electron chi connectivity index (χ4n) is 3.36. The van der Waals surface area contributed by atoms with Crippen molar-refractivity contribution in [1.82, 2.24) is 19.9 Å². The van der Waals surface area contributed by atoms with Gasteiger partial charge in [-0.25, -0.2) is 9.78 Å². The van der Waals surface area contributed by atoms with Gasteiger partial charge < -0.3 is 5.32 Å². The number of nitrogens with one attached hydrogen (secondary N) is 2. The molecule has 0 saturated heterocycles. The number of nitrogens with zero attached hydrogens (tertiary/aromatic N) is 2. The fourth-order valence-corrected chi connectivity index (χ4v) is 3.61. The topological polar surface area (TPSA) is 79.8 Å². The van der Waals surface area contributed by atoms with Gasteiger partial charge in [-0.15, -0.1) is 0 Å². The molecule has 2 heterocycles. The minimum absolute atomic E-state index is 0.0699. The normalized spacial score (nSPS) is 11.3. The second-order valence-electron chi connectivity index (χ2n) is 6.56. The number of carbonyl (C=O) groups excluding carboxylic acids is 1. The van der Waals surface area contributed by atoms with E-state index in [0.717, 1.165) is 35.0 Å². The number of rotatable bonds is 6. The molecular weight excluding hydrogens is 364 g/mol. The minimum atomic E-state index is -0.169. The van der Waals surface area contributed by atoms with E-state index >= 15 is 0 Å². The summed E-state index contributed by atoms with van der Waals surface area (Å²) >= 11 is 6.50. The maximum atomic E-state index is 12.6. The molecule has 27 heavy (non-hydrogen) atoms. The molecule has 0 atom stereocenters. The van der Waals surface area contributed by atoms with Crippen molar-refractivity contribution >= 4 is 28.7 Å². The molecule has 0 saturated carbocycles. The van der Waals surface area contributed by atoms with Crippen LogP contribution in [-0.2, 0) is 11.3 Å². The highest BCUT2D eigenvalue weighted by Gasteiger charge is 2.20. The van der Waals surface area contributed by atoms with Crippen molar-refractivity contribution < 1.29 is 4.79 Å². The molecule has 6 nitrogen and oxygen atoms in total. The number of aromatic amines is 1. The number of pyridine rings is 1. The van der Waals surface area contributed by atoms with Crippen LogP contribution < -0.4 is 11.0 Å². The van der Waals surface area contributed by atoms with E-state index in [1.807, 2.05) is 24.3 Å². The molecule has 2 N–H and O–H groups in total. The predicted octanol–water partition coefficient (Wildman–Crippen LogP) is 4.04. The Hall–Kier alpha value is -2.60. The summed E-state index contributed by atoms with van der Waals surface area (Å²) in [6.45, 7) is 6.09. The first-order chi connectivity index (χ1) is 13.0. The lowest BCUT2D eigenvalue weighted by Crippen LogP contribution is -2.21. The van der Waals surface area contributed by atoms with Gasteiger partial charge in [-0.3, -0.25) is 14.3 Å². The van der Waals surface area contributed by atoms with Crippen LogP contribution in [0.4, 0.5) is 0 Å². The van der Waals surface area contributed by atoms with Crippen molar-refractivity contribution in [3.8, 4) is 11.1 Å². The number of aromatic nitrogens is 3. The summed E-state index contributed by atoms with van der Waals surface area (Å²) in [6.07, 6.45) is 3.24. The first kappa shape index (κ1) is 19.2. The summed E-state index contributed by atoms with van der Waals surface area (Å²) in [6, 6.07) is 7.86. The average molecular weight is 387 g/mol. The number of benzene rings is 1. The van der Waals surface area contributed by atoms with Gasteiger partial charge in [0.1, 0.15) is 0 Å². The van der Waals surface area contributed by atoms with Gasteiger partial charge in [0.15, 0.2) is 5.65 Å². The van der Waals surface area contributed by atoms with E-state index in [2.05, 4.69) is 29.1 Å². The molecule has 0 bridgehead atoms. The minimum Gasteiger partial charge on any atom is -0.352 e. The van der Waals surface area contributed by atoms with Crippen molar-refractivity contribution in [3.63, 3.8) is 0 Å². The van der Waals surface area contributed by atoms with Crippen molar-refractivity contribution in [3.05, 3.63) is 51.5 Å². The quantitative estimate of drug-likeness (QED) is 0.670. The number of hydrogen-bond acceptors (Lipinski definition) is 3. The standard InChI is InChI=1S/C20H23ClN4O2/c1-4-15(5-2)25-18-17(16(21)11-23-19(18)24-20(25)27)14-8-6-13(7-9-14)10-22-12(3)26/h6-9,11,15H,4-5,10H2,1-3H3,(H,22,26)(H,23,24,27). The lowest BCUT2D eigenvalue weighted by atomic mass is 10.0. The van der Waals surface area contributed by atoms with Crippen LogP contribution in [-0.4, -0.2) is 20.4 Å². The third-order valence-electron chi connectivity index (χ3n) is 4.78. The summed E-state index contributed by atoms with van der Waals surface area (Å²) in [5, 5.41) is 3.28. The molecule has 0 radical (unpaired) electrons. The van der Waals surface area contributed by atoms with Crippen LogP contribution in [0.1, 0.15) is 45.2 Å². The highest BCUT2D eigenvalue weighted by Crippen LogP contribution is 2.35. The molecule has 3 aromatic rings. The zero-order valence-corrected chi connectivity index (χ0v) is 16.4. The fraction of sp³-hybridized carbons (Fsp3) is 0.350. The van der Waals surface area contributed by atoms with E-state index in [0.29, 0.717) is 17.2 Å². The maximum Gasteiger partial charge on any atom is 0.327 e. The summed E-state index contributed by atoms with van der Waals surface area (Å²) < 4.78 is 1.77. The van der Waals surface area contributed by atoms with Gasteiger partial charge in [0.25, 0.3) is 0 Å². The SMILES string of the molecule is CCC(CC)n1c(=O)[nH]c2ncc(Cl)c(-c3ccc(CNC(C)=O)cc3)c21. The van der Waals surface area contributed by atoms with Gasteiger partial charge in [0.2, 0.25) is 5.91 Å². The van der Waals surface area contributed by atoms with Crippen molar-refractivity contribution in [2.75, 3.05) is 0 Å². The Morgan fingerprint density at radius 3 is 2.52 bits per heavy atom. The van der Waals surface area contributed by atoms with Crippen molar-refractivity contribution in [2.45, 2.75) is 46.2 Å². The molecule has 3 rings (SSSR count). The second-order valence-corrected chi connectivity index (χ2v) is 6.96. The summed E-state index contributed by atoms with van der Waals surface area (Å²) in [5.41, 5.74) is 3.78. The Bertz CT molecular complexity index is 1020. The van der Waals surface area contributed by atoms with E-state index in [1.54, 1.807) is 10.8 Å². The van der Waals surface area contributed by atoms with Gasteiger partial charge in [0.05, 0.1) is 10.5 Å². The number of H-pyrrole nitrogens is 1. The molecule has 142 valence electrons. The van der Waals surface area contributed by atoms with Crippen LogP contribution in [0.3, 0.4) is 0 Å². The van der Waals surface area contributed by atoms with Crippen LogP contribution in [0.5, 0.6) is 0 Å². The lowest BCUT2D eigenvalue weighted by Gasteiger charge is -2.17. The number of imidazole rings is 1. The largest absolute Gasteiger partial charge is 0.352 e. The van der Waals surface area contributed by atoms with E-state index in [-0.39, 0.29) is 17.6 Å². The van der Waals surface area contributed by atoms with Crippen LogP contribution >= 0.6 is 11.6 Å². The first-order valence-electron chi connectivity index (χ1n) is 9.08. The Labute approximate surface area is 162 Å². The zero-order chi connectivity index (χ0) is 19.6. The van der Waals surface area contributed by atoms with E-state index < -0.39 is 0 Å². The third kappa shape index (κ3) is 3.76. The van der Waals surface area contributed by atoms with Gasteiger partial charge in [-0.2, -0.15) is 0 Å². The molecule has 0 fully saturated rings. The Morgan fingerprint density at radius 1 is 1.26 bits per heavy atom. The zero-order valence-electron chi connectivity index (χ0n) is 15.7. The van der Waals surface area contributed by atoms with Crippen molar-refractivity contribution in [2.24, 2.45) is 0 Å². The Balaban J connectivity index is 2.15. The summed E-state index contributed by atoms with van der Waals surface area (Å²) in [7, 11) is 0. The van der Waals surface area contributed by atoms with E-state index in [4.69, 9.17) is 11.6 Å². The molecule has 7 heteroatoms. The number of carbonyl (C=O) groups is 1. The number of hydrogen-bond donors (Lipinski definition) is 2. The van der Waals surface area contributed by atoms with Crippen LogP contribution in [0.2, 0.25) is 5.02 Å². The lowest BCUT2D eigenvalue weighted by molar-refractivity contribution is -0.119. The van der Waals surface area contributed by atoms with Crippen molar-refractivity contribution in [1.29, 1.82) is 0 Å². The molecule has 0 spiro atoms. The molecular formula is C20H23ClN4O2. The molecule has 0 aliphatic heterocycles. The number of halogens is 1. The predicted molar refractivity (Wildman–Crippen MR) is 108 cm³/mol. The van der Waals surface area contributed by atoms with E-state index in [9.17, 15) is 9.59 Å². The monoisotopic (exact) mass is 386 g/mol. The smallest absolute Gasteiger partial charge is 0.327 e. The van der Waals surface area contributed by atoms with Gasteiger partial charge >= 0.3 is 5.69 Å². The van der Waals surface area contributed by atoms with Crippen LogP contribution in [0, 0.1) is 0 Å². The van der Waals surface area contributed by atoms with Gasteiger partial charge in [0, 0.05) is 31.3 Å². The molecule has 0 aliphatic rings. The second kappa shape index (κ2) is 7.96. The maximum absolute atomic E-state index is 12.6. The van der Waals surface area contributed by atoms with Gasteiger partial charge in [-0.05, 0) is 24.0 Å². The first-order valence-corrected chi connectivity index (χ1v) is 9.46. The highest BCUT2D eigenvalue weighted by atomic mass is 35.5. The molecule has 0 unspecified atom stereocenters. The highest BCUT2D eigenvalue weighted by molar-refractivity contribution is 6.34.